The molecule has 1 aliphatic rings. The van der Waals surface area contributed by atoms with Crippen LogP contribution in [-0.2, 0) is 44.7 Å². The molecule has 7 nitrogen and oxygen atoms in total. The van der Waals surface area contributed by atoms with Gasteiger partial charge in [0.05, 0.1) is 23.8 Å². The summed E-state index contributed by atoms with van der Waals surface area (Å²) in [5, 5.41) is 18.0. The molecule has 0 saturated carbocycles. The maximum absolute atomic E-state index is 4.91. The van der Waals surface area contributed by atoms with Crippen LogP contribution in [0.1, 0.15) is 109 Å². The first kappa shape index (κ1) is 31.9. The third-order valence-electron chi connectivity index (χ3n) is 7.37. The van der Waals surface area contributed by atoms with Crippen LogP contribution in [0.15, 0.2) is 36.9 Å². The van der Waals surface area contributed by atoms with Crippen molar-refractivity contribution in [3.05, 3.63) is 65.0 Å². The standard InChI is InChI=1S/C23H30N6.C9H13N.Pt/c1-13(2)10-16-19(14(3)4)21(28-26-16)18-12-24-11-17(25-18)20-15-8-7-9-23(5,6)22(15)29-27-20;1-9(2,3)8-4-6-10-7-5-8;/h11-14H,7-10H2,1-6H3;4-7H,1-3H3;/q-2;;+2. The van der Waals surface area contributed by atoms with Gasteiger partial charge >= 0.3 is 21.1 Å². The molecule has 0 bridgehead atoms. The number of rotatable bonds is 5. The summed E-state index contributed by atoms with van der Waals surface area (Å²) in [6.07, 6.45) is 11.5. The minimum absolute atomic E-state index is 0. The molecule has 0 saturated heterocycles. The summed E-state index contributed by atoms with van der Waals surface area (Å²) in [6, 6.07) is 4.11. The zero-order valence-corrected chi connectivity index (χ0v) is 27.7. The molecule has 0 N–H and O–H groups in total. The number of pyridine rings is 1. The van der Waals surface area contributed by atoms with Gasteiger partial charge in [-0.3, -0.25) is 9.97 Å². The fraction of sp³-hybridized carbons (Fsp3) is 0.531. The van der Waals surface area contributed by atoms with Crippen LogP contribution >= 0.6 is 0 Å². The normalized spacial score (nSPS) is 14.4. The predicted molar refractivity (Wildman–Crippen MR) is 157 cm³/mol. The summed E-state index contributed by atoms with van der Waals surface area (Å²) in [6.45, 7) is 19.9. The van der Waals surface area contributed by atoms with E-state index in [0.29, 0.717) is 11.8 Å². The fourth-order valence-electron chi connectivity index (χ4n) is 5.28. The van der Waals surface area contributed by atoms with Crippen molar-refractivity contribution >= 4 is 0 Å². The van der Waals surface area contributed by atoms with Crippen LogP contribution in [0.5, 0.6) is 0 Å². The molecule has 0 radical (unpaired) electrons. The SMILES string of the molecule is CC(C)(C)c1ccncc1.CC(C)Cc1n[n-]c(-c2cncc(-c3[n-]nc4c3CCCC4(C)C)n2)c1C(C)C.[Pt+2]. The Balaban J connectivity index is 0.000000340. The zero-order chi connectivity index (χ0) is 28.4. The van der Waals surface area contributed by atoms with Crippen molar-refractivity contribution in [2.75, 3.05) is 0 Å². The number of nitrogens with zero attached hydrogens (tertiary/aromatic N) is 7. The van der Waals surface area contributed by atoms with Gasteiger partial charge in [-0.1, -0.05) is 73.7 Å². The van der Waals surface area contributed by atoms with Gasteiger partial charge in [0.15, 0.2) is 0 Å². The molecule has 40 heavy (non-hydrogen) atoms. The minimum Gasteiger partial charge on any atom is -0.573 e. The third-order valence-corrected chi connectivity index (χ3v) is 7.37. The van der Waals surface area contributed by atoms with Crippen LogP contribution in [-0.4, -0.2) is 25.1 Å². The molecule has 0 atom stereocenters. The summed E-state index contributed by atoms with van der Waals surface area (Å²) in [4.78, 5) is 13.3. The Bertz CT molecular complexity index is 1380. The van der Waals surface area contributed by atoms with E-state index in [-0.39, 0.29) is 31.9 Å². The second-order valence-electron chi connectivity index (χ2n) is 13.1. The largest absolute Gasteiger partial charge is 2.00 e. The summed E-state index contributed by atoms with van der Waals surface area (Å²) < 4.78 is 0. The van der Waals surface area contributed by atoms with Gasteiger partial charge < -0.3 is 20.4 Å². The third kappa shape index (κ3) is 7.15. The fourth-order valence-corrected chi connectivity index (χ4v) is 5.28. The molecule has 5 rings (SSSR count). The van der Waals surface area contributed by atoms with Crippen molar-refractivity contribution < 1.29 is 21.1 Å². The van der Waals surface area contributed by atoms with E-state index in [1.807, 2.05) is 12.4 Å². The Hall–Kier alpha value is -2.66. The number of aromatic nitrogens is 7. The van der Waals surface area contributed by atoms with E-state index in [1.165, 1.54) is 16.7 Å². The summed E-state index contributed by atoms with van der Waals surface area (Å²) in [5.74, 6) is 0.857. The van der Waals surface area contributed by atoms with Crippen LogP contribution in [0.25, 0.3) is 22.8 Å². The van der Waals surface area contributed by atoms with Gasteiger partial charge in [0.25, 0.3) is 0 Å². The summed E-state index contributed by atoms with van der Waals surface area (Å²) in [5.41, 5.74) is 9.51. The van der Waals surface area contributed by atoms with E-state index >= 15 is 0 Å². The molecule has 4 heterocycles. The quantitative estimate of drug-likeness (QED) is 0.223. The molecule has 0 aromatic carbocycles. The van der Waals surface area contributed by atoms with E-state index in [2.05, 4.69) is 105 Å². The monoisotopic (exact) mass is 720 g/mol. The Morgan fingerprint density at radius 1 is 0.900 bits per heavy atom. The van der Waals surface area contributed by atoms with E-state index in [9.17, 15) is 0 Å². The first-order valence-electron chi connectivity index (χ1n) is 14.2. The van der Waals surface area contributed by atoms with Gasteiger partial charge in [-0.2, -0.15) is 0 Å². The number of fused-ring (bicyclic) bond motifs is 1. The maximum Gasteiger partial charge on any atom is 2.00 e. The van der Waals surface area contributed by atoms with E-state index in [1.54, 1.807) is 12.4 Å². The van der Waals surface area contributed by atoms with Gasteiger partial charge in [0.1, 0.15) is 0 Å². The average molecular weight is 721 g/mol. The van der Waals surface area contributed by atoms with Crippen LogP contribution < -0.4 is 10.2 Å². The van der Waals surface area contributed by atoms with Gasteiger partial charge in [-0.25, -0.2) is 4.98 Å². The number of hydrogen-bond acceptors (Lipinski definition) is 5. The second kappa shape index (κ2) is 12.9. The number of hydrogen-bond donors (Lipinski definition) is 0. The Morgan fingerprint density at radius 3 is 2.10 bits per heavy atom. The average Bonchev–Trinajstić information content (AvgIpc) is 3.50. The molecule has 0 spiro atoms. The molecule has 0 aliphatic heterocycles. The molecule has 4 aromatic heterocycles. The van der Waals surface area contributed by atoms with Crippen molar-refractivity contribution in [2.45, 2.75) is 105 Å². The van der Waals surface area contributed by atoms with Gasteiger partial charge in [0.2, 0.25) is 0 Å². The molecule has 8 heteroatoms. The van der Waals surface area contributed by atoms with Crippen molar-refractivity contribution in [1.82, 2.24) is 35.3 Å². The van der Waals surface area contributed by atoms with Crippen molar-refractivity contribution in [3.8, 4) is 22.8 Å². The van der Waals surface area contributed by atoms with Crippen molar-refractivity contribution in [1.29, 1.82) is 0 Å². The van der Waals surface area contributed by atoms with Crippen molar-refractivity contribution in [2.24, 2.45) is 5.92 Å². The minimum atomic E-state index is 0. The van der Waals surface area contributed by atoms with Crippen LogP contribution in [0, 0.1) is 5.92 Å². The van der Waals surface area contributed by atoms with Crippen LogP contribution in [0.2, 0.25) is 0 Å². The molecule has 0 amide bonds. The van der Waals surface area contributed by atoms with Crippen LogP contribution in [0.3, 0.4) is 0 Å². The molecule has 0 fully saturated rings. The predicted octanol–water partition coefficient (Wildman–Crippen LogP) is 6.83. The second-order valence-corrected chi connectivity index (χ2v) is 13.1. The Labute approximate surface area is 254 Å². The first-order chi connectivity index (χ1) is 18.4. The van der Waals surface area contributed by atoms with Crippen LogP contribution in [0.4, 0.5) is 0 Å². The van der Waals surface area contributed by atoms with Gasteiger partial charge in [-0.05, 0) is 71.8 Å². The summed E-state index contributed by atoms with van der Waals surface area (Å²) >= 11 is 0. The maximum atomic E-state index is 4.91. The smallest absolute Gasteiger partial charge is 0.573 e. The zero-order valence-electron chi connectivity index (χ0n) is 25.4. The topological polar surface area (TPSA) is 92.7 Å². The molecule has 0 unspecified atom stereocenters. The molecule has 4 aromatic rings. The van der Waals surface area contributed by atoms with E-state index < -0.39 is 0 Å². The Kier molecular flexibility index (Phi) is 10.3. The van der Waals surface area contributed by atoms with Crippen molar-refractivity contribution in [3.63, 3.8) is 0 Å². The van der Waals surface area contributed by atoms with E-state index in [4.69, 9.17) is 4.98 Å². The first-order valence-corrected chi connectivity index (χ1v) is 14.2. The molecule has 1 aliphatic carbocycles. The summed E-state index contributed by atoms with van der Waals surface area (Å²) in [7, 11) is 0. The van der Waals surface area contributed by atoms with Gasteiger partial charge in [-0.15, -0.1) is 0 Å². The molecular weight excluding hydrogens is 677 g/mol. The van der Waals surface area contributed by atoms with Gasteiger partial charge in [0, 0.05) is 29.2 Å². The van der Waals surface area contributed by atoms with E-state index in [0.717, 1.165) is 59.8 Å². The molecule has 216 valence electrons. The Morgan fingerprint density at radius 2 is 1.52 bits per heavy atom. The molecular formula is C32H43N7Pt.